The van der Waals surface area contributed by atoms with Gasteiger partial charge in [-0.1, -0.05) is 15.9 Å². The molecule has 138 valence electrons. The molecule has 1 aromatic carbocycles. The maximum atomic E-state index is 13.8. The van der Waals surface area contributed by atoms with E-state index in [9.17, 15) is 14.0 Å². The SMILES string of the molecule is O=C(CCCn1nc(-c2ccncc2)ccc1=O)Nc1ccc(Br)cc1F. The molecular weight excluding hydrogens is 415 g/mol. The average Bonchev–Trinajstić information content (AvgIpc) is 2.66. The second-order valence-electron chi connectivity index (χ2n) is 5.79. The van der Waals surface area contributed by atoms with E-state index >= 15 is 0 Å². The third-order valence-electron chi connectivity index (χ3n) is 3.82. The Labute approximate surface area is 163 Å². The molecule has 3 rings (SSSR count). The second kappa shape index (κ2) is 8.68. The van der Waals surface area contributed by atoms with Crippen molar-refractivity contribution in [1.82, 2.24) is 14.8 Å². The van der Waals surface area contributed by atoms with Crippen molar-refractivity contribution >= 4 is 27.5 Å². The van der Waals surface area contributed by atoms with Gasteiger partial charge in [0.25, 0.3) is 5.56 Å². The number of carbonyl (C=O) groups excluding carboxylic acids is 1. The molecule has 0 aliphatic carbocycles. The van der Waals surface area contributed by atoms with E-state index in [4.69, 9.17) is 0 Å². The largest absolute Gasteiger partial charge is 0.324 e. The number of aryl methyl sites for hydroxylation is 1. The molecule has 0 radical (unpaired) electrons. The number of anilines is 1. The standard InChI is InChI=1S/C19H16BrFN4O2/c20-14-3-4-17(15(21)12-14)23-18(26)2-1-11-25-19(27)6-5-16(24-25)13-7-9-22-10-8-13/h3-10,12H,1-2,11H2,(H,23,26). The molecule has 8 heteroatoms. The lowest BCUT2D eigenvalue weighted by molar-refractivity contribution is -0.116. The number of halogens is 2. The van der Waals surface area contributed by atoms with E-state index in [1.165, 1.54) is 22.9 Å². The predicted molar refractivity (Wildman–Crippen MR) is 104 cm³/mol. The zero-order chi connectivity index (χ0) is 19.2. The fourth-order valence-corrected chi connectivity index (χ4v) is 2.81. The van der Waals surface area contributed by atoms with Crippen molar-refractivity contribution in [2.24, 2.45) is 0 Å². The summed E-state index contributed by atoms with van der Waals surface area (Å²) in [6, 6.07) is 11.1. The molecule has 0 saturated heterocycles. The summed E-state index contributed by atoms with van der Waals surface area (Å²) in [6.45, 7) is 0.286. The number of nitrogens with zero attached hydrogens (tertiary/aromatic N) is 3. The van der Waals surface area contributed by atoms with Crippen LogP contribution in [-0.2, 0) is 11.3 Å². The summed E-state index contributed by atoms with van der Waals surface area (Å²) in [4.78, 5) is 27.9. The van der Waals surface area contributed by atoms with E-state index in [0.717, 1.165) is 5.56 Å². The van der Waals surface area contributed by atoms with Crippen molar-refractivity contribution in [3.05, 3.63) is 75.5 Å². The highest BCUT2D eigenvalue weighted by Gasteiger charge is 2.09. The molecule has 3 aromatic rings. The monoisotopic (exact) mass is 430 g/mol. The summed E-state index contributed by atoms with van der Waals surface area (Å²) < 4.78 is 15.7. The summed E-state index contributed by atoms with van der Waals surface area (Å²) in [5.74, 6) is -0.838. The smallest absolute Gasteiger partial charge is 0.266 e. The summed E-state index contributed by atoms with van der Waals surface area (Å²) in [6.07, 6.45) is 3.84. The number of nitrogens with one attached hydrogen (secondary N) is 1. The molecule has 6 nitrogen and oxygen atoms in total. The first-order valence-electron chi connectivity index (χ1n) is 8.26. The third kappa shape index (κ3) is 5.07. The van der Waals surface area contributed by atoms with E-state index in [0.29, 0.717) is 16.6 Å². The van der Waals surface area contributed by atoms with E-state index in [2.05, 4.69) is 31.3 Å². The quantitative estimate of drug-likeness (QED) is 0.647. The zero-order valence-electron chi connectivity index (χ0n) is 14.2. The Balaban J connectivity index is 1.60. The number of amides is 1. The van der Waals surface area contributed by atoms with Crippen molar-refractivity contribution in [1.29, 1.82) is 0 Å². The normalized spacial score (nSPS) is 10.6. The van der Waals surface area contributed by atoms with Crippen LogP contribution in [0.3, 0.4) is 0 Å². The van der Waals surface area contributed by atoms with Gasteiger partial charge in [-0.15, -0.1) is 0 Å². The van der Waals surface area contributed by atoms with Gasteiger partial charge in [-0.2, -0.15) is 5.10 Å². The Morgan fingerprint density at radius 2 is 1.93 bits per heavy atom. The van der Waals surface area contributed by atoms with E-state index in [-0.39, 0.29) is 30.1 Å². The van der Waals surface area contributed by atoms with Crippen LogP contribution in [0.2, 0.25) is 0 Å². The topological polar surface area (TPSA) is 76.9 Å². The molecular formula is C19H16BrFN4O2. The van der Waals surface area contributed by atoms with Gasteiger partial charge in [0.05, 0.1) is 11.4 Å². The van der Waals surface area contributed by atoms with Crippen LogP contribution in [0.1, 0.15) is 12.8 Å². The predicted octanol–water partition coefficient (Wildman–Crippen LogP) is 3.63. The van der Waals surface area contributed by atoms with Crippen molar-refractivity contribution in [3.63, 3.8) is 0 Å². The summed E-state index contributed by atoms with van der Waals surface area (Å²) in [5.41, 5.74) is 1.38. The van der Waals surface area contributed by atoms with Crippen LogP contribution in [0.4, 0.5) is 10.1 Å². The van der Waals surface area contributed by atoms with Gasteiger partial charge in [0.15, 0.2) is 0 Å². The van der Waals surface area contributed by atoms with Crippen LogP contribution in [0, 0.1) is 5.82 Å². The number of benzene rings is 1. The van der Waals surface area contributed by atoms with Gasteiger partial charge in [0.2, 0.25) is 5.91 Å². The lowest BCUT2D eigenvalue weighted by Crippen LogP contribution is -2.23. The number of hydrogen-bond donors (Lipinski definition) is 1. The van der Waals surface area contributed by atoms with Gasteiger partial charge < -0.3 is 5.32 Å². The summed E-state index contributed by atoms with van der Waals surface area (Å²) >= 11 is 3.16. The molecule has 1 N–H and O–H groups in total. The number of hydrogen-bond acceptors (Lipinski definition) is 4. The van der Waals surface area contributed by atoms with E-state index in [1.807, 2.05) is 0 Å². The third-order valence-corrected chi connectivity index (χ3v) is 4.31. The molecule has 0 spiro atoms. The molecule has 0 aliphatic heterocycles. The minimum atomic E-state index is -0.513. The van der Waals surface area contributed by atoms with Gasteiger partial charge in [-0.05, 0) is 42.8 Å². The maximum Gasteiger partial charge on any atom is 0.266 e. The van der Waals surface area contributed by atoms with Crippen LogP contribution >= 0.6 is 15.9 Å². The number of aromatic nitrogens is 3. The molecule has 0 fully saturated rings. The second-order valence-corrected chi connectivity index (χ2v) is 6.71. The lowest BCUT2D eigenvalue weighted by Gasteiger charge is -2.08. The molecule has 0 bridgehead atoms. The van der Waals surface area contributed by atoms with Gasteiger partial charge in [-0.3, -0.25) is 14.6 Å². The Morgan fingerprint density at radius 1 is 1.15 bits per heavy atom. The molecule has 27 heavy (non-hydrogen) atoms. The Kier molecular flexibility index (Phi) is 6.08. The van der Waals surface area contributed by atoms with Gasteiger partial charge >= 0.3 is 0 Å². The molecule has 0 saturated carbocycles. The minimum Gasteiger partial charge on any atom is -0.324 e. The summed E-state index contributed by atoms with van der Waals surface area (Å²) in [7, 11) is 0. The fraction of sp³-hybridized carbons (Fsp3) is 0.158. The number of carbonyl (C=O) groups is 1. The minimum absolute atomic E-state index is 0.123. The highest BCUT2D eigenvalue weighted by Crippen LogP contribution is 2.19. The van der Waals surface area contributed by atoms with Crippen LogP contribution in [0.15, 0.2) is 64.1 Å². The van der Waals surface area contributed by atoms with Crippen LogP contribution < -0.4 is 10.9 Å². The highest BCUT2D eigenvalue weighted by molar-refractivity contribution is 9.10. The van der Waals surface area contributed by atoms with Gasteiger partial charge in [0, 0.05) is 41.5 Å². The van der Waals surface area contributed by atoms with Crippen molar-refractivity contribution in [3.8, 4) is 11.3 Å². The Hall–Kier alpha value is -2.87. The fourth-order valence-electron chi connectivity index (χ4n) is 2.48. The van der Waals surface area contributed by atoms with Crippen molar-refractivity contribution in [2.45, 2.75) is 19.4 Å². The molecule has 1 amide bonds. The van der Waals surface area contributed by atoms with Crippen LogP contribution in [-0.4, -0.2) is 20.7 Å². The van der Waals surface area contributed by atoms with Gasteiger partial charge in [0.1, 0.15) is 5.82 Å². The number of pyridine rings is 1. The highest BCUT2D eigenvalue weighted by atomic mass is 79.9. The average molecular weight is 431 g/mol. The molecule has 2 aromatic heterocycles. The first-order chi connectivity index (χ1) is 13.0. The summed E-state index contributed by atoms with van der Waals surface area (Å²) in [5, 5.41) is 6.85. The molecule has 0 unspecified atom stereocenters. The molecule has 0 atom stereocenters. The zero-order valence-corrected chi connectivity index (χ0v) is 15.8. The first-order valence-corrected chi connectivity index (χ1v) is 9.06. The maximum absolute atomic E-state index is 13.8. The Morgan fingerprint density at radius 3 is 2.67 bits per heavy atom. The molecule has 0 aliphatic rings. The lowest BCUT2D eigenvalue weighted by atomic mass is 10.2. The van der Waals surface area contributed by atoms with Crippen molar-refractivity contribution < 1.29 is 9.18 Å². The van der Waals surface area contributed by atoms with E-state index in [1.54, 1.807) is 36.7 Å². The van der Waals surface area contributed by atoms with E-state index < -0.39 is 5.82 Å². The first kappa shape index (κ1) is 18.9. The molecule has 2 heterocycles. The van der Waals surface area contributed by atoms with Crippen molar-refractivity contribution in [2.75, 3.05) is 5.32 Å². The number of rotatable bonds is 6. The van der Waals surface area contributed by atoms with Crippen LogP contribution in [0.5, 0.6) is 0 Å². The Bertz CT molecular complexity index is 1010. The van der Waals surface area contributed by atoms with Crippen LogP contribution in [0.25, 0.3) is 11.3 Å². The van der Waals surface area contributed by atoms with Gasteiger partial charge in [-0.25, -0.2) is 9.07 Å².